The first-order valence-electron chi connectivity index (χ1n) is 6.39. The van der Waals surface area contributed by atoms with E-state index in [1.807, 2.05) is 13.8 Å². The SMILES string of the molecule is CC1CC(NC(C)c2cccc(F)c2F)CCO1. The minimum atomic E-state index is -0.790. The van der Waals surface area contributed by atoms with Crippen molar-refractivity contribution in [3.63, 3.8) is 0 Å². The van der Waals surface area contributed by atoms with Gasteiger partial charge in [-0.1, -0.05) is 12.1 Å². The highest BCUT2D eigenvalue weighted by Gasteiger charge is 2.22. The van der Waals surface area contributed by atoms with Crippen LogP contribution in [0, 0.1) is 11.6 Å². The van der Waals surface area contributed by atoms with Gasteiger partial charge in [0.25, 0.3) is 0 Å². The number of hydrogen-bond acceptors (Lipinski definition) is 2. The average molecular weight is 255 g/mol. The Labute approximate surface area is 106 Å². The zero-order chi connectivity index (χ0) is 13.1. The van der Waals surface area contributed by atoms with Crippen LogP contribution in [0.25, 0.3) is 0 Å². The zero-order valence-electron chi connectivity index (χ0n) is 10.7. The van der Waals surface area contributed by atoms with Crippen molar-refractivity contribution in [1.29, 1.82) is 0 Å². The summed E-state index contributed by atoms with van der Waals surface area (Å²) in [6.07, 6.45) is 2.04. The van der Waals surface area contributed by atoms with Crippen LogP contribution in [0.5, 0.6) is 0 Å². The van der Waals surface area contributed by atoms with Crippen LogP contribution < -0.4 is 5.32 Å². The van der Waals surface area contributed by atoms with Gasteiger partial charge in [-0.15, -0.1) is 0 Å². The number of benzene rings is 1. The normalized spacial score (nSPS) is 26.0. The van der Waals surface area contributed by atoms with E-state index in [0.717, 1.165) is 25.5 Å². The Kier molecular flexibility index (Phi) is 4.30. The molecular weight excluding hydrogens is 236 g/mol. The number of rotatable bonds is 3. The molecule has 1 aromatic carbocycles. The molecule has 1 fully saturated rings. The van der Waals surface area contributed by atoms with E-state index in [1.165, 1.54) is 0 Å². The fourth-order valence-electron chi connectivity index (χ4n) is 2.45. The van der Waals surface area contributed by atoms with Crippen molar-refractivity contribution in [3.8, 4) is 0 Å². The molecule has 1 N–H and O–H groups in total. The molecule has 18 heavy (non-hydrogen) atoms. The highest BCUT2D eigenvalue weighted by atomic mass is 19.2. The molecule has 2 rings (SSSR count). The molecule has 0 aromatic heterocycles. The summed E-state index contributed by atoms with van der Waals surface area (Å²) in [5.74, 6) is -1.54. The van der Waals surface area contributed by atoms with Gasteiger partial charge in [-0.3, -0.25) is 0 Å². The maximum Gasteiger partial charge on any atom is 0.163 e. The van der Waals surface area contributed by atoms with Crippen molar-refractivity contribution in [2.45, 2.75) is 44.9 Å². The molecule has 0 bridgehead atoms. The first kappa shape index (κ1) is 13.4. The predicted octanol–water partition coefficient (Wildman–Crippen LogP) is 3.18. The fraction of sp³-hybridized carbons (Fsp3) is 0.571. The molecule has 1 aliphatic rings. The Balaban J connectivity index is 2.02. The second-order valence-electron chi connectivity index (χ2n) is 4.93. The zero-order valence-corrected chi connectivity index (χ0v) is 10.7. The van der Waals surface area contributed by atoms with Gasteiger partial charge in [-0.2, -0.15) is 0 Å². The molecule has 1 saturated heterocycles. The molecule has 2 nitrogen and oxygen atoms in total. The third-order valence-corrected chi connectivity index (χ3v) is 3.42. The topological polar surface area (TPSA) is 21.3 Å². The minimum absolute atomic E-state index is 0.198. The van der Waals surface area contributed by atoms with Crippen molar-refractivity contribution in [2.75, 3.05) is 6.61 Å². The summed E-state index contributed by atoms with van der Waals surface area (Å²) >= 11 is 0. The molecule has 4 heteroatoms. The summed E-state index contributed by atoms with van der Waals surface area (Å²) in [5.41, 5.74) is 0.383. The van der Waals surface area contributed by atoms with E-state index in [2.05, 4.69) is 5.32 Å². The Hall–Kier alpha value is -1.00. The van der Waals surface area contributed by atoms with E-state index in [-0.39, 0.29) is 12.1 Å². The van der Waals surface area contributed by atoms with E-state index >= 15 is 0 Å². The molecule has 1 aliphatic heterocycles. The van der Waals surface area contributed by atoms with Crippen molar-refractivity contribution < 1.29 is 13.5 Å². The van der Waals surface area contributed by atoms with Gasteiger partial charge in [-0.25, -0.2) is 8.78 Å². The van der Waals surface area contributed by atoms with E-state index < -0.39 is 11.6 Å². The first-order valence-corrected chi connectivity index (χ1v) is 6.39. The molecule has 3 unspecified atom stereocenters. The third-order valence-electron chi connectivity index (χ3n) is 3.42. The molecule has 0 aliphatic carbocycles. The minimum Gasteiger partial charge on any atom is -0.378 e. The molecule has 1 heterocycles. The Morgan fingerprint density at radius 1 is 1.39 bits per heavy atom. The molecule has 0 amide bonds. The van der Waals surface area contributed by atoms with Crippen molar-refractivity contribution in [1.82, 2.24) is 5.32 Å². The number of hydrogen-bond donors (Lipinski definition) is 1. The lowest BCUT2D eigenvalue weighted by Crippen LogP contribution is -2.39. The van der Waals surface area contributed by atoms with Gasteiger partial charge in [0.1, 0.15) is 0 Å². The third kappa shape index (κ3) is 3.06. The highest BCUT2D eigenvalue weighted by molar-refractivity contribution is 5.22. The molecular formula is C14H19F2NO. The summed E-state index contributed by atoms with van der Waals surface area (Å²) in [6.45, 7) is 4.61. The van der Waals surface area contributed by atoms with Crippen LogP contribution in [0.1, 0.15) is 38.3 Å². The van der Waals surface area contributed by atoms with Gasteiger partial charge >= 0.3 is 0 Å². The number of ether oxygens (including phenoxy) is 1. The second kappa shape index (κ2) is 5.76. The van der Waals surface area contributed by atoms with Crippen LogP contribution in [0.15, 0.2) is 18.2 Å². The molecule has 0 saturated carbocycles. The van der Waals surface area contributed by atoms with E-state index in [0.29, 0.717) is 11.6 Å². The van der Waals surface area contributed by atoms with E-state index in [1.54, 1.807) is 12.1 Å². The molecule has 0 spiro atoms. The van der Waals surface area contributed by atoms with E-state index in [9.17, 15) is 8.78 Å². The van der Waals surface area contributed by atoms with Crippen LogP contribution in [-0.2, 0) is 4.74 Å². The summed E-state index contributed by atoms with van der Waals surface area (Å²) in [4.78, 5) is 0. The summed E-state index contributed by atoms with van der Waals surface area (Å²) in [5, 5.41) is 3.35. The van der Waals surface area contributed by atoms with Crippen LogP contribution in [0.4, 0.5) is 8.78 Å². The summed E-state index contributed by atoms with van der Waals surface area (Å²) < 4.78 is 32.3. The fourth-order valence-corrected chi connectivity index (χ4v) is 2.45. The Bertz CT molecular complexity index is 411. The quantitative estimate of drug-likeness (QED) is 0.895. The van der Waals surface area contributed by atoms with Crippen LogP contribution in [-0.4, -0.2) is 18.8 Å². The van der Waals surface area contributed by atoms with Crippen molar-refractivity contribution >= 4 is 0 Å². The Morgan fingerprint density at radius 2 is 2.17 bits per heavy atom. The maximum absolute atomic E-state index is 13.6. The number of nitrogens with one attached hydrogen (secondary N) is 1. The highest BCUT2D eigenvalue weighted by Crippen LogP contribution is 2.22. The lowest BCUT2D eigenvalue weighted by atomic mass is 10.0. The second-order valence-corrected chi connectivity index (χ2v) is 4.93. The van der Waals surface area contributed by atoms with Crippen LogP contribution in [0.3, 0.4) is 0 Å². The lowest BCUT2D eigenvalue weighted by Gasteiger charge is -2.30. The largest absolute Gasteiger partial charge is 0.378 e. The monoisotopic (exact) mass is 255 g/mol. The van der Waals surface area contributed by atoms with Gasteiger partial charge in [0.05, 0.1) is 6.10 Å². The number of halogens is 2. The smallest absolute Gasteiger partial charge is 0.163 e. The van der Waals surface area contributed by atoms with E-state index in [4.69, 9.17) is 4.74 Å². The Morgan fingerprint density at radius 3 is 2.89 bits per heavy atom. The van der Waals surface area contributed by atoms with Gasteiger partial charge in [-0.05, 0) is 32.8 Å². The average Bonchev–Trinajstić information content (AvgIpc) is 2.32. The molecule has 0 radical (unpaired) electrons. The van der Waals surface area contributed by atoms with Gasteiger partial charge in [0.2, 0.25) is 0 Å². The van der Waals surface area contributed by atoms with Crippen LogP contribution >= 0.6 is 0 Å². The molecule has 100 valence electrons. The van der Waals surface area contributed by atoms with Crippen LogP contribution in [0.2, 0.25) is 0 Å². The molecule has 1 aromatic rings. The standard InChI is InChI=1S/C14H19F2NO/c1-9-8-11(6-7-18-9)17-10(2)12-4-3-5-13(15)14(12)16/h3-5,9-11,17H,6-8H2,1-2H3. The summed E-state index contributed by atoms with van der Waals surface area (Å²) in [6, 6.07) is 4.40. The maximum atomic E-state index is 13.6. The lowest BCUT2D eigenvalue weighted by molar-refractivity contribution is 0.0115. The molecule has 3 atom stereocenters. The predicted molar refractivity (Wildman–Crippen MR) is 66.3 cm³/mol. The van der Waals surface area contributed by atoms with Gasteiger partial charge in [0, 0.05) is 24.3 Å². The van der Waals surface area contributed by atoms with Crippen molar-refractivity contribution in [2.24, 2.45) is 0 Å². The van der Waals surface area contributed by atoms with Gasteiger partial charge < -0.3 is 10.1 Å². The first-order chi connectivity index (χ1) is 8.58. The summed E-state index contributed by atoms with van der Waals surface area (Å²) in [7, 11) is 0. The van der Waals surface area contributed by atoms with Gasteiger partial charge in [0.15, 0.2) is 11.6 Å². The van der Waals surface area contributed by atoms with Crippen molar-refractivity contribution in [3.05, 3.63) is 35.4 Å².